The molecule has 0 bridgehead atoms. The van der Waals surface area contributed by atoms with Gasteiger partial charge in [0.25, 0.3) is 0 Å². The Morgan fingerprint density at radius 1 is 1.10 bits per heavy atom. The van der Waals surface area contributed by atoms with Crippen molar-refractivity contribution in [1.82, 2.24) is 0 Å². The van der Waals surface area contributed by atoms with Crippen molar-refractivity contribution in [3.8, 4) is 0 Å². The smallest absolute Gasteiger partial charge is 0.320 e. The number of ether oxygens (including phenoxy) is 2. The van der Waals surface area contributed by atoms with Gasteiger partial charge in [-0.05, 0) is 38.5 Å². The molecule has 1 saturated carbocycles. The molecule has 4 heteroatoms. The fraction of sp³-hybridized carbons (Fsp3) is 0.882. The molecule has 0 amide bonds. The number of esters is 2. The summed E-state index contributed by atoms with van der Waals surface area (Å²) in [6.45, 7) is 6.18. The maximum Gasteiger partial charge on any atom is 0.320 e. The lowest BCUT2D eigenvalue weighted by Gasteiger charge is -2.28. The van der Waals surface area contributed by atoms with Crippen molar-refractivity contribution in [3.05, 3.63) is 0 Å². The molecule has 0 aromatic rings. The summed E-state index contributed by atoms with van der Waals surface area (Å²) in [5.41, 5.74) is 0. The maximum atomic E-state index is 12.2. The van der Waals surface area contributed by atoms with Gasteiger partial charge in [0.1, 0.15) is 6.10 Å². The van der Waals surface area contributed by atoms with Crippen LogP contribution in [0.1, 0.15) is 72.1 Å². The summed E-state index contributed by atoms with van der Waals surface area (Å²) < 4.78 is 10.7. The van der Waals surface area contributed by atoms with Gasteiger partial charge in [-0.1, -0.05) is 39.5 Å². The molecule has 0 aliphatic heterocycles. The van der Waals surface area contributed by atoms with Crippen LogP contribution in [0.15, 0.2) is 0 Å². The van der Waals surface area contributed by atoms with E-state index < -0.39 is 17.9 Å². The van der Waals surface area contributed by atoms with E-state index in [1.54, 1.807) is 0 Å². The van der Waals surface area contributed by atoms with Crippen molar-refractivity contribution in [2.24, 2.45) is 11.8 Å². The van der Waals surface area contributed by atoms with Gasteiger partial charge < -0.3 is 9.47 Å². The minimum Gasteiger partial charge on any atom is -0.465 e. The second-order valence-electron chi connectivity index (χ2n) is 6.02. The van der Waals surface area contributed by atoms with Crippen LogP contribution in [-0.4, -0.2) is 24.6 Å². The Morgan fingerprint density at radius 3 is 2.33 bits per heavy atom. The van der Waals surface area contributed by atoms with Crippen LogP contribution >= 0.6 is 0 Å². The molecule has 0 radical (unpaired) electrons. The molecule has 0 N–H and O–H groups in total. The first-order valence-electron chi connectivity index (χ1n) is 8.47. The van der Waals surface area contributed by atoms with Crippen molar-refractivity contribution in [1.29, 1.82) is 0 Å². The monoisotopic (exact) mass is 298 g/mol. The molecule has 0 saturated heterocycles. The SMILES string of the molecule is CCCCOC(=O)C(CC)C(=O)OC(C)C1CCCCC1. The van der Waals surface area contributed by atoms with Gasteiger partial charge in [0, 0.05) is 0 Å². The Labute approximate surface area is 128 Å². The van der Waals surface area contributed by atoms with Crippen LogP contribution in [0, 0.1) is 11.8 Å². The molecule has 0 aromatic heterocycles. The summed E-state index contributed by atoms with van der Waals surface area (Å²) in [7, 11) is 0. The predicted molar refractivity (Wildman–Crippen MR) is 81.8 cm³/mol. The number of rotatable bonds is 8. The van der Waals surface area contributed by atoms with Gasteiger partial charge >= 0.3 is 11.9 Å². The van der Waals surface area contributed by atoms with Crippen molar-refractivity contribution in [3.63, 3.8) is 0 Å². The molecule has 1 rings (SSSR count). The molecule has 1 aliphatic carbocycles. The molecule has 0 spiro atoms. The van der Waals surface area contributed by atoms with Crippen molar-refractivity contribution in [2.45, 2.75) is 78.2 Å². The van der Waals surface area contributed by atoms with E-state index >= 15 is 0 Å². The van der Waals surface area contributed by atoms with Crippen molar-refractivity contribution in [2.75, 3.05) is 6.61 Å². The molecule has 2 atom stereocenters. The van der Waals surface area contributed by atoms with Gasteiger partial charge in [-0.2, -0.15) is 0 Å². The number of carbonyl (C=O) groups is 2. The standard InChI is InChI=1S/C17H30O4/c1-4-6-12-20-16(18)15(5-2)17(19)21-13(3)14-10-8-7-9-11-14/h13-15H,4-12H2,1-3H3. The number of hydrogen-bond donors (Lipinski definition) is 0. The summed E-state index contributed by atoms with van der Waals surface area (Å²) in [4.78, 5) is 24.1. The van der Waals surface area contributed by atoms with Crippen LogP contribution in [-0.2, 0) is 19.1 Å². The first-order chi connectivity index (χ1) is 10.1. The first-order valence-corrected chi connectivity index (χ1v) is 8.47. The molecule has 21 heavy (non-hydrogen) atoms. The predicted octanol–water partition coefficient (Wildman–Crippen LogP) is 3.87. The zero-order valence-electron chi connectivity index (χ0n) is 13.7. The van der Waals surface area contributed by atoms with Crippen molar-refractivity contribution < 1.29 is 19.1 Å². The van der Waals surface area contributed by atoms with E-state index in [1.807, 2.05) is 20.8 Å². The molecule has 0 aromatic carbocycles. The van der Waals surface area contributed by atoms with E-state index in [4.69, 9.17) is 9.47 Å². The number of carbonyl (C=O) groups excluding carboxylic acids is 2. The summed E-state index contributed by atoms with van der Waals surface area (Å²) in [6.07, 6.45) is 8.06. The van der Waals surface area contributed by atoms with Gasteiger partial charge in [-0.3, -0.25) is 9.59 Å². The Bertz CT molecular complexity index is 321. The molecule has 2 unspecified atom stereocenters. The van der Waals surface area contributed by atoms with Crippen molar-refractivity contribution >= 4 is 11.9 Å². The third kappa shape index (κ3) is 6.06. The fourth-order valence-corrected chi connectivity index (χ4v) is 2.81. The fourth-order valence-electron chi connectivity index (χ4n) is 2.81. The Hall–Kier alpha value is -1.06. The lowest BCUT2D eigenvalue weighted by molar-refractivity contribution is -0.167. The molecule has 4 nitrogen and oxygen atoms in total. The van der Waals surface area contributed by atoms with Crippen LogP contribution in [0.25, 0.3) is 0 Å². The van der Waals surface area contributed by atoms with Gasteiger partial charge in [-0.25, -0.2) is 0 Å². The van der Waals surface area contributed by atoms with Crippen LogP contribution < -0.4 is 0 Å². The van der Waals surface area contributed by atoms with Gasteiger partial charge in [0.05, 0.1) is 6.61 Å². The largest absolute Gasteiger partial charge is 0.465 e. The number of hydrogen-bond acceptors (Lipinski definition) is 4. The van der Waals surface area contributed by atoms with E-state index in [2.05, 4.69) is 0 Å². The molecule has 122 valence electrons. The molecule has 1 aliphatic rings. The van der Waals surface area contributed by atoms with Gasteiger partial charge in [0.2, 0.25) is 0 Å². The summed E-state index contributed by atoms with van der Waals surface area (Å²) in [5.74, 6) is -1.19. The summed E-state index contributed by atoms with van der Waals surface area (Å²) in [5, 5.41) is 0. The highest BCUT2D eigenvalue weighted by Gasteiger charge is 2.31. The normalized spacial score (nSPS) is 18.8. The maximum absolute atomic E-state index is 12.2. The molecular formula is C17H30O4. The minimum atomic E-state index is -0.770. The van der Waals surface area contributed by atoms with E-state index in [1.165, 1.54) is 19.3 Å². The van der Waals surface area contributed by atoms with E-state index in [0.717, 1.165) is 25.7 Å². The third-order valence-corrected chi connectivity index (χ3v) is 4.34. The Kier molecular flexibility index (Phi) is 8.40. The molecular weight excluding hydrogens is 268 g/mol. The van der Waals surface area contributed by atoms with Crippen LogP contribution in [0.3, 0.4) is 0 Å². The molecule has 0 heterocycles. The quantitative estimate of drug-likeness (QED) is 0.388. The Balaban J connectivity index is 2.43. The minimum absolute atomic E-state index is 0.102. The Morgan fingerprint density at radius 2 is 1.76 bits per heavy atom. The summed E-state index contributed by atoms with van der Waals surface area (Å²) >= 11 is 0. The third-order valence-electron chi connectivity index (χ3n) is 4.34. The highest BCUT2D eigenvalue weighted by Crippen LogP contribution is 2.28. The van der Waals surface area contributed by atoms with E-state index in [0.29, 0.717) is 18.9 Å². The highest BCUT2D eigenvalue weighted by atomic mass is 16.6. The summed E-state index contributed by atoms with van der Waals surface area (Å²) in [6, 6.07) is 0. The number of unbranched alkanes of at least 4 members (excludes halogenated alkanes) is 1. The first kappa shape index (κ1) is 18.0. The lowest BCUT2D eigenvalue weighted by atomic mass is 9.86. The lowest BCUT2D eigenvalue weighted by Crippen LogP contribution is -2.33. The van der Waals surface area contributed by atoms with Crippen LogP contribution in [0.4, 0.5) is 0 Å². The zero-order valence-corrected chi connectivity index (χ0v) is 13.7. The van der Waals surface area contributed by atoms with Crippen LogP contribution in [0.2, 0.25) is 0 Å². The molecule has 1 fully saturated rings. The second-order valence-corrected chi connectivity index (χ2v) is 6.02. The van der Waals surface area contributed by atoms with E-state index in [9.17, 15) is 9.59 Å². The van der Waals surface area contributed by atoms with Gasteiger partial charge in [0.15, 0.2) is 5.92 Å². The van der Waals surface area contributed by atoms with E-state index in [-0.39, 0.29) is 6.10 Å². The zero-order chi connectivity index (χ0) is 15.7. The topological polar surface area (TPSA) is 52.6 Å². The average Bonchev–Trinajstić information content (AvgIpc) is 2.49. The highest BCUT2D eigenvalue weighted by molar-refractivity contribution is 5.94. The van der Waals surface area contributed by atoms with Crippen LogP contribution in [0.5, 0.6) is 0 Å². The second kappa shape index (κ2) is 9.80. The average molecular weight is 298 g/mol. The van der Waals surface area contributed by atoms with Gasteiger partial charge in [-0.15, -0.1) is 0 Å².